The molecule has 0 spiro atoms. The summed E-state index contributed by atoms with van der Waals surface area (Å²) in [5.41, 5.74) is 4.18. The van der Waals surface area contributed by atoms with E-state index in [2.05, 4.69) is 5.32 Å². The van der Waals surface area contributed by atoms with Crippen molar-refractivity contribution in [2.75, 3.05) is 23.9 Å². The highest BCUT2D eigenvalue weighted by molar-refractivity contribution is 6.46. The number of anilines is 2. The molecule has 3 aromatic rings. The first-order chi connectivity index (χ1) is 16.0. The van der Waals surface area contributed by atoms with E-state index in [4.69, 9.17) is 9.47 Å². The fourth-order valence-electron chi connectivity index (χ4n) is 3.88. The number of hydrogen-bond donors (Lipinski definition) is 1. The van der Waals surface area contributed by atoms with Gasteiger partial charge in [-0.25, -0.2) is 4.90 Å². The summed E-state index contributed by atoms with van der Waals surface area (Å²) in [5.74, 6) is 0.476. The Balaban J connectivity index is 1.84. The number of para-hydroxylation sites is 2. The van der Waals surface area contributed by atoms with Crippen molar-refractivity contribution in [3.05, 3.63) is 89.1 Å². The summed E-state index contributed by atoms with van der Waals surface area (Å²) in [7, 11) is 1.56. The molecule has 1 heterocycles. The number of hydrogen-bond acceptors (Lipinski definition) is 5. The second kappa shape index (κ2) is 9.20. The predicted molar refractivity (Wildman–Crippen MR) is 130 cm³/mol. The van der Waals surface area contributed by atoms with Gasteiger partial charge < -0.3 is 14.8 Å². The smallest absolute Gasteiger partial charge is 0.282 e. The van der Waals surface area contributed by atoms with E-state index in [1.807, 2.05) is 45.0 Å². The Morgan fingerprint density at radius 3 is 2.30 bits per heavy atom. The second-order valence-electron chi connectivity index (χ2n) is 7.70. The van der Waals surface area contributed by atoms with Gasteiger partial charge in [0.15, 0.2) is 0 Å². The van der Waals surface area contributed by atoms with Crippen LogP contribution in [-0.2, 0) is 9.59 Å². The zero-order chi connectivity index (χ0) is 23.5. The molecule has 0 saturated heterocycles. The first kappa shape index (κ1) is 22.1. The van der Waals surface area contributed by atoms with Crippen LogP contribution >= 0.6 is 0 Å². The maximum absolute atomic E-state index is 13.7. The number of carbonyl (C=O) groups excluding carboxylic acids is 2. The van der Waals surface area contributed by atoms with Gasteiger partial charge in [0.2, 0.25) is 0 Å². The summed E-state index contributed by atoms with van der Waals surface area (Å²) in [6.07, 6.45) is 0. The first-order valence-corrected chi connectivity index (χ1v) is 10.8. The fraction of sp³-hybridized carbons (Fsp3) is 0.185. The molecular formula is C27H26N2O4. The minimum absolute atomic E-state index is 0.203. The average Bonchev–Trinajstić information content (AvgIpc) is 3.06. The number of aryl methyl sites for hydroxylation is 1. The zero-order valence-electron chi connectivity index (χ0n) is 19.1. The molecule has 6 heteroatoms. The Morgan fingerprint density at radius 1 is 0.879 bits per heavy atom. The van der Waals surface area contributed by atoms with Crippen LogP contribution < -0.4 is 19.7 Å². The van der Waals surface area contributed by atoms with E-state index in [9.17, 15) is 9.59 Å². The fourth-order valence-corrected chi connectivity index (χ4v) is 3.88. The number of nitrogens with one attached hydrogen (secondary N) is 1. The second-order valence-corrected chi connectivity index (χ2v) is 7.70. The lowest BCUT2D eigenvalue weighted by atomic mass is 10.0. The van der Waals surface area contributed by atoms with Gasteiger partial charge in [-0.1, -0.05) is 36.4 Å². The summed E-state index contributed by atoms with van der Waals surface area (Å²) in [5, 5.41) is 3.17. The average molecular weight is 443 g/mol. The van der Waals surface area contributed by atoms with Crippen molar-refractivity contribution in [1.82, 2.24) is 0 Å². The molecule has 0 saturated carbocycles. The zero-order valence-corrected chi connectivity index (χ0v) is 19.1. The Hall–Kier alpha value is -4.06. The molecule has 168 valence electrons. The Kier molecular flexibility index (Phi) is 6.18. The van der Waals surface area contributed by atoms with Crippen molar-refractivity contribution in [2.24, 2.45) is 0 Å². The molecule has 0 aromatic heterocycles. The maximum Gasteiger partial charge on any atom is 0.282 e. The van der Waals surface area contributed by atoms with Gasteiger partial charge in [0, 0.05) is 0 Å². The van der Waals surface area contributed by atoms with Gasteiger partial charge in [-0.3, -0.25) is 9.59 Å². The van der Waals surface area contributed by atoms with Crippen LogP contribution in [0.15, 0.2) is 72.4 Å². The molecule has 3 aromatic carbocycles. The van der Waals surface area contributed by atoms with Crippen LogP contribution in [0.4, 0.5) is 11.4 Å². The van der Waals surface area contributed by atoms with E-state index in [0.29, 0.717) is 40.6 Å². The highest BCUT2D eigenvalue weighted by Gasteiger charge is 2.41. The molecule has 1 aliphatic rings. The molecule has 1 N–H and O–H groups in total. The molecule has 0 aliphatic carbocycles. The lowest BCUT2D eigenvalue weighted by molar-refractivity contribution is -0.120. The van der Waals surface area contributed by atoms with E-state index < -0.39 is 5.91 Å². The number of benzene rings is 3. The minimum atomic E-state index is -0.413. The van der Waals surface area contributed by atoms with Gasteiger partial charge in [0.25, 0.3) is 11.8 Å². The monoisotopic (exact) mass is 442 g/mol. The molecule has 1 aliphatic heterocycles. The molecule has 0 unspecified atom stereocenters. The van der Waals surface area contributed by atoms with Gasteiger partial charge in [0.05, 0.1) is 30.7 Å². The third-order valence-corrected chi connectivity index (χ3v) is 5.72. The normalized spacial score (nSPS) is 13.5. The van der Waals surface area contributed by atoms with Crippen LogP contribution in [0.25, 0.3) is 5.57 Å². The molecular weight excluding hydrogens is 416 g/mol. The van der Waals surface area contributed by atoms with Crippen molar-refractivity contribution < 1.29 is 19.1 Å². The Labute approximate surface area is 193 Å². The summed E-state index contributed by atoms with van der Waals surface area (Å²) in [4.78, 5) is 28.6. The van der Waals surface area contributed by atoms with E-state index in [1.54, 1.807) is 49.6 Å². The van der Waals surface area contributed by atoms with Gasteiger partial charge in [-0.2, -0.15) is 0 Å². The number of imide groups is 1. The summed E-state index contributed by atoms with van der Waals surface area (Å²) >= 11 is 0. The lowest BCUT2D eigenvalue weighted by Crippen LogP contribution is -2.33. The lowest BCUT2D eigenvalue weighted by Gasteiger charge is -2.19. The number of ether oxygens (including phenoxy) is 2. The summed E-state index contributed by atoms with van der Waals surface area (Å²) in [6.45, 7) is 6.32. The molecule has 0 fully saturated rings. The molecule has 0 radical (unpaired) electrons. The molecule has 0 atom stereocenters. The van der Waals surface area contributed by atoms with E-state index >= 15 is 0 Å². The van der Waals surface area contributed by atoms with Crippen LogP contribution in [0.3, 0.4) is 0 Å². The van der Waals surface area contributed by atoms with E-state index in [1.165, 1.54) is 4.90 Å². The number of nitrogens with zero attached hydrogens (tertiary/aromatic N) is 1. The van der Waals surface area contributed by atoms with Crippen LogP contribution in [0.2, 0.25) is 0 Å². The van der Waals surface area contributed by atoms with E-state index in [0.717, 1.165) is 11.1 Å². The number of methoxy groups -OCH3 is 1. The first-order valence-electron chi connectivity index (χ1n) is 10.8. The van der Waals surface area contributed by atoms with Crippen LogP contribution in [0.1, 0.15) is 23.6 Å². The van der Waals surface area contributed by atoms with Gasteiger partial charge in [-0.15, -0.1) is 0 Å². The molecule has 6 nitrogen and oxygen atoms in total. The highest BCUT2D eigenvalue weighted by atomic mass is 16.5. The molecule has 2 amide bonds. The van der Waals surface area contributed by atoms with Crippen molar-refractivity contribution in [3.63, 3.8) is 0 Å². The van der Waals surface area contributed by atoms with Gasteiger partial charge in [0.1, 0.15) is 17.2 Å². The van der Waals surface area contributed by atoms with Crippen LogP contribution in [-0.4, -0.2) is 25.5 Å². The summed E-state index contributed by atoms with van der Waals surface area (Å²) < 4.78 is 11.0. The van der Waals surface area contributed by atoms with Crippen LogP contribution in [0.5, 0.6) is 11.5 Å². The Bertz CT molecular complexity index is 1250. The van der Waals surface area contributed by atoms with Gasteiger partial charge in [-0.05, 0) is 67.8 Å². The summed E-state index contributed by atoms with van der Waals surface area (Å²) in [6, 6.07) is 20.1. The SMILES string of the molecule is CCOc1ccc(C2=C(Nc3ccccc3OC)C(=O)N(c3cccc(C)c3C)C2=O)cc1. The van der Waals surface area contributed by atoms with Crippen molar-refractivity contribution >= 4 is 28.8 Å². The number of amides is 2. The number of rotatable bonds is 7. The third-order valence-electron chi connectivity index (χ3n) is 5.72. The highest BCUT2D eigenvalue weighted by Crippen LogP contribution is 2.37. The quantitative estimate of drug-likeness (QED) is 0.515. The van der Waals surface area contributed by atoms with Crippen molar-refractivity contribution in [3.8, 4) is 11.5 Å². The van der Waals surface area contributed by atoms with Crippen LogP contribution in [0, 0.1) is 13.8 Å². The number of carbonyl (C=O) groups is 2. The van der Waals surface area contributed by atoms with Gasteiger partial charge >= 0.3 is 0 Å². The van der Waals surface area contributed by atoms with Crippen molar-refractivity contribution in [1.29, 1.82) is 0 Å². The standard InChI is InChI=1S/C27H26N2O4/c1-5-33-20-15-13-19(14-16-20)24-25(28-21-10-6-7-12-23(21)32-4)27(31)29(26(24)30)22-11-8-9-17(2)18(22)3/h6-16,28H,5H2,1-4H3. The largest absolute Gasteiger partial charge is 0.495 e. The molecule has 0 bridgehead atoms. The predicted octanol–water partition coefficient (Wildman–Crippen LogP) is 5.11. The molecule has 33 heavy (non-hydrogen) atoms. The van der Waals surface area contributed by atoms with E-state index in [-0.39, 0.29) is 11.6 Å². The maximum atomic E-state index is 13.7. The Morgan fingerprint density at radius 2 is 1.61 bits per heavy atom. The molecule has 4 rings (SSSR count). The third kappa shape index (κ3) is 4.07. The van der Waals surface area contributed by atoms with Crippen molar-refractivity contribution in [2.45, 2.75) is 20.8 Å². The topological polar surface area (TPSA) is 67.9 Å². The minimum Gasteiger partial charge on any atom is -0.495 e.